The smallest absolute Gasteiger partial charge is 0.234 e. The van der Waals surface area contributed by atoms with E-state index in [9.17, 15) is 4.79 Å². The maximum absolute atomic E-state index is 12.0. The van der Waals surface area contributed by atoms with E-state index in [4.69, 9.17) is 10.9 Å². The van der Waals surface area contributed by atoms with E-state index in [-0.39, 0.29) is 17.8 Å². The van der Waals surface area contributed by atoms with E-state index in [1.807, 2.05) is 6.92 Å². The van der Waals surface area contributed by atoms with Gasteiger partial charge in [0.15, 0.2) is 5.84 Å². The molecule has 1 fully saturated rings. The fourth-order valence-corrected chi connectivity index (χ4v) is 1.74. The normalized spacial score (nSPS) is 19.7. The number of amidine groups is 1. The Labute approximate surface area is 98.1 Å². The number of nitrogens with two attached hydrogens (primary N) is 1. The van der Waals surface area contributed by atoms with Gasteiger partial charge in [-0.15, -0.1) is 0 Å². The molecule has 2 rings (SSSR count). The van der Waals surface area contributed by atoms with E-state index < -0.39 is 5.41 Å². The van der Waals surface area contributed by atoms with Crippen molar-refractivity contribution in [3.8, 4) is 0 Å². The zero-order chi connectivity index (χ0) is 12.5. The molecule has 0 saturated heterocycles. The van der Waals surface area contributed by atoms with Crippen molar-refractivity contribution in [3.05, 3.63) is 18.0 Å². The van der Waals surface area contributed by atoms with Gasteiger partial charge in [-0.2, -0.15) is 5.10 Å². The topological polar surface area (TPSA) is 116 Å². The van der Waals surface area contributed by atoms with E-state index >= 15 is 0 Å². The summed E-state index contributed by atoms with van der Waals surface area (Å²) in [5, 5.41) is 20.9. The number of H-pyrrole nitrogens is 1. The summed E-state index contributed by atoms with van der Waals surface area (Å²) in [6.45, 7) is 1.85. The highest BCUT2D eigenvalue weighted by Gasteiger charge is 2.54. The first-order valence-corrected chi connectivity index (χ1v) is 5.38. The molecule has 0 radical (unpaired) electrons. The van der Waals surface area contributed by atoms with Gasteiger partial charge < -0.3 is 16.3 Å². The van der Waals surface area contributed by atoms with Crippen LogP contribution in [0.2, 0.25) is 0 Å². The van der Waals surface area contributed by atoms with Crippen LogP contribution in [0.25, 0.3) is 0 Å². The molecule has 1 aliphatic carbocycles. The number of nitrogens with zero attached hydrogens (tertiary/aromatic N) is 2. The third-order valence-corrected chi connectivity index (χ3v) is 3.15. The van der Waals surface area contributed by atoms with Crippen LogP contribution in [0, 0.1) is 5.41 Å². The third-order valence-electron chi connectivity index (χ3n) is 3.15. The molecule has 1 atom stereocenters. The van der Waals surface area contributed by atoms with Crippen molar-refractivity contribution < 1.29 is 10.0 Å². The zero-order valence-electron chi connectivity index (χ0n) is 9.47. The molecule has 1 aromatic heterocycles. The molecule has 0 aliphatic heterocycles. The number of hydrogen-bond donors (Lipinski definition) is 4. The maximum Gasteiger partial charge on any atom is 0.234 e. The molecular formula is C10H15N5O2. The number of amides is 1. The first kappa shape index (κ1) is 11.4. The molecule has 92 valence electrons. The summed E-state index contributed by atoms with van der Waals surface area (Å²) in [7, 11) is 0. The van der Waals surface area contributed by atoms with Crippen molar-refractivity contribution in [2.45, 2.75) is 25.8 Å². The van der Waals surface area contributed by atoms with Crippen LogP contribution in [0.1, 0.15) is 31.4 Å². The Morgan fingerprint density at radius 2 is 2.47 bits per heavy atom. The summed E-state index contributed by atoms with van der Waals surface area (Å²) in [6, 6.07) is -0.162. The summed E-state index contributed by atoms with van der Waals surface area (Å²) >= 11 is 0. The van der Waals surface area contributed by atoms with Crippen molar-refractivity contribution in [1.29, 1.82) is 0 Å². The van der Waals surface area contributed by atoms with Crippen molar-refractivity contribution in [2.24, 2.45) is 16.3 Å². The molecule has 1 aromatic rings. The number of nitrogens with one attached hydrogen (secondary N) is 2. The third kappa shape index (κ3) is 1.95. The number of carbonyl (C=O) groups excluding carboxylic acids is 1. The van der Waals surface area contributed by atoms with Crippen molar-refractivity contribution in [2.75, 3.05) is 0 Å². The molecule has 1 unspecified atom stereocenters. The maximum atomic E-state index is 12.0. The van der Waals surface area contributed by atoms with E-state index in [0.29, 0.717) is 12.8 Å². The second-order valence-electron chi connectivity index (χ2n) is 4.29. The minimum absolute atomic E-state index is 0.0191. The van der Waals surface area contributed by atoms with E-state index in [2.05, 4.69) is 20.7 Å². The van der Waals surface area contributed by atoms with Gasteiger partial charge in [-0.25, -0.2) is 0 Å². The van der Waals surface area contributed by atoms with Crippen LogP contribution < -0.4 is 11.1 Å². The fraction of sp³-hybridized carbons (Fsp3) is 0.500. The highest BCUT2D eigenvalue weighted by Crippen LogP contribution is 2.46. The van der Waals surface area contributed by atoms with Gasteiger partial charge in [0, 0.05) is 11.8 Å². The molecule has 1 heterocycles. The van der Waals surface area contributed by atoms with Gasteiger partial charge in [0.2, 0.25) is 5.91 Å². The second-order valence-corrected chi connectivity index (χ2v) is 4.29. The minimum Gasteiger partial charge on any atom is -0.409 e. The minimum atomic E-state index is -0.813. The van der Waals surface area contributed by atoms with E-state index in [1.165, 1.54) is 0 Å². The van der Waals surface area contributed by atoms with Gasteiger partial charge in [0.05, 0.1) is 12.2 Å². The molecule has 0 bridgehead atoms. The average Bonchev–Trinajstić information content (AvgIpc) is 2.95. The van der Waals surface area contributed by atoms with Crippen LogP contribution in [0.3, 0.4) is 0 Å². The number of carbonyl (C=O) groups is 1. The number of oxime groups is 1. The Morgan fingerprint density at radius 3 is 2.94 bits per heavy atom. The summed E-state index contributed by atoms with van der Waals surface area (Å²) < 4.78 is 0. The highest BCUT2D eigenvalue weighted by atomic mass is 16.4. The van der Waals surface area contributed by atoms with E-state index in [1.54, 1.807) is 12.4 Å². The lowest BCUT2D eigenvalue weighted by Gasteiger charge is -2.17. The summed E-state index contributed by atoms with van der Waals surface area (Å²) in [6.07, 6.45) is 4.60. The number of aromatic amines is 1. The largest absolute Gasteiger partial charge is 0.409 e. The molecule has 1 amide bonds. The molecular weight excluding hydrogens is 222 g/mol. The van der Waals surface area contributed by atoms with Crippen molar-refractivity contribution in [1.82, 2.24) is 15.5 Å². The molecule has 5 N–H and O–H groups in total. The van der Waals surface area contributed by atoms with Crippen LogP contribution in [-0.4, -0.2) is 27.1 Å². The highest BCUT2D eigenvalue weighted by molar-refractivity contribution is 6.09. The zero-order valence-corrected chi connectivity index (χ0v) is 9.47. The second kappa shape index (κ2) is 4.08. The van der Waals surface area contributed by atoms with Crippen LogP contribution in [0.15, 0.2) is 17.5 Å². The SMILES string of the molecule is CC(NC(=O)C1(C(N)=NO)CC1)c1cn[nH]c1. The molecule has 1 aliphatic rings. The van der Waals surface area contributed by atoms with Gasteiger partial charge in [-0.3, -0.25) is 9.89 Å². The van der Waals surface area contributed by atoms with E-state index in [0.717, 1.165) is 5.56 Å². The predicted octanol–water partition coefficient (Wildman–Crippen LogP) is 0.113. The Balaban J connectivity index is 2.03. The Hall–Kier alpha value is -2.05. The van der Waals surface area contributed by atoms with Crippen molar-refractivity contribution >= 4 is 11.7 Å². The molecule has 0 spiro atoms. The van der Waals surface area contributed by atoms with Gasteiger partial charge in [-0.05, 0) is 19.8 Å². The molecule has 7 nitrogen and oxygen atoms in total. The molecule has 1 saturated carbocycles. The van der Waals surface area contributed by atoms with Crippen LogP contribution in [-0.2, 0) is 4.79 Å². The standard InChI is InChI=1S/C10H15N5O2/c1-6(7-4-12-13-5-7)14-9(16)10(2-3-10)8(11)15-17/h4-6,17H,2-3H2,1H3,(H2,11,15)(H,12,13)(H,14,16). The number of aromatic nitrogens is 2. The lowest BCUT2D eigenvalue weighted by molar-refractivity contribution is -0.124. The van der Waals surface area contributed by atoms with Gasteiger partial charge >= 0.3 is 0 Å². The van der Waals surface area contributed by atoms with Crippen molar-refractivity contribution in [3.63, 3.8) is 0 Å². The quantitative estimate of drug-likeness (QED) is 0.257. The van der Waals surface area contributed by atoms with Crippen LogP contribution in [0.4, 0.5) is 0 Å². The Bertz CT molecular complexity index is 436. The first-order valence-electron chi connectivity index (χ1n) is 5.38. The Morgan fingerprint density at radius 1 is 1.76 bits per heavy atom. The Kier molecular flexibility index (Phi) is 2.74. The van der Waals surface area contributed by atoms with Crippen LogP contribution >= 0.6 is 0 Å². The van der Waals surface area contributed by atoms with Gasteiger partial charge in [0.25, 0.3) is 0 Å². The summed E-state index contributed by atoms with van der Waals surface area (Å²) in [5.74, 6) is -0.226. The summed E-state index contributed by atoms with van der Waals surface area (Å²) in [4.78, 5) is 12.0. The van der Waals surface area contributed by atoms with Crippen LogP contribution in [0.5, 0.6) is 0 Å². The first-order chi connectivity index (χ1) is 8.10. The monoisotopic (exact) mass is 237 g/mol. The number of rotatable bonds is 4. The lowest BCUT2D eigenvalue weighted by Crippen LogP contribution is -2.41. The van der Waals surface area contributed by atoms with Gasteiger partial charge in [0.1, 0.15) is 5.41 Å². The molecule has 17 heavy (non-hydrogen) atoms. The predicted molar refractivity (Wildman–Crippen MR) is 60.2 cm³/mol. The fourth-order valence-electron chi connectivity index (χ4n) is 1.74. The molecule has 0 aromatic carbocycles. The number of hydrogen-bond acceptors (Lipinski definition) is 4. The molecule has 7 heteroatoms. The average molecular weight is 237 g/mol. The summed E-state index contributed by atoms with van der Waals surface area (Å²) in [5.41, 5.74) is 5.60. The lowest BCUT2D eigenvalue weighted by atomic mass is 10.0. The van der Waals surface area contributed by atoms with Gasteiger partial charge in [-0.1, -0.05) is 5.16 Å².